The number of hydrogen-bond donors (Lipinski definition) is 0. The van der Waals surface area contributed by atoms with E-state index in [2.05, 4.69) is 15.0 Å². The Bertz CT molecular complexity index is 763. The second kappa shape index (κ2) is 12.6. The molecule has 0 radical (unpaired) electrons. The van der Waals surface area contributed by atoms with Crippen molar-refractivity contribution in [3.05, 3.63) is 0 Å². The Hall–Kier alpha value is -0.750. The number of nitrogens with zero attached hydrogens (tertiary/aromatic N) is 6. The molecule has 228 valence electrons. The van der Waals surface area contributed by atoms with Crippen molar-refractivity contribution >= 4 is 89.5 Å². The number of alkyl halides is 18. The summed E-state index contributed by atoms with van der Waals surface area (Å²) in [5.41, 5.74) is -34.5. The second-order valence-corrected chi connectivity index (χ2v) is 12.0. The first-order valence-corrected chi connectivity index (χ1v) is 12.4. The molecule has 1 aromatic rings. The first kappa shape index (κ1) is 36.3. The number of hydrogen-bond acceptors (Lipinski definition) is 12. The van der Waals surface area contributed by atoms with Crippen LogP contribution >= 0.6 is 71.7 Å². The fourth-order valence-corrected chi connectivity index (χ4v) is 5.53. The summed E-state index contributed by atoms with van der Waals surface area (Å²) < 4.78 is 227. The molecule has 0 atom stereocenters. The van der Waals surface area contributed by atoms with E-state index in [9.17, 15) is 79.0 Å². The first-order valence-electron chi connectivity index (χ1n) is 7.73. The molecule has 30 heteroatoms. The van der Waals surface area contributed by atoms with Crippen LogP contribution in [0.5, 0.6) is 0 Å². The van der Waals surface area contributed by atoms with Gasteiger partial charge in [-0.2, -0.15) is 94.0 Å². The van der Waals surface area contributed by atoms with Crippen LogP contribution in [0.2, 0.25) is 0 Å². The molecule has 0 spiro atoms. The van der Waals surface area contributed by atoms with E-state index in [0.717, 1.165) is 0 Å². The summed E-state index contributed by atoms with van der Waals surface area (Å²) in [5, 5.41) is 0. The average Bonchev–Trinajstić information content (AvgIpc) is 2.59. The quantitative estimate of drug-likeness (QED) is 0.180. The molecule has 1 aromatic heterocycles. The van der Waals surface area contributed by atoms with Gasteiger partial charge in [0.15, 0.2) is 0 Å². The SMILES string of the molecule is FC(F)(F)SN(SC(F)(F)F)c1nc(N(SC(F)(F)F)SC(F)(F)F)nc(N(SC(F)(F)F)SC(F)(F)F)n1. The molecule has 0 fully saturated rings. The standard InChI is InChI=1S/C9F18N6S6/c10-4(11,12)34-31(35-5(13,14)15)1-28-2(32(36-6(16,17)18)37-7(19,20)21)30-3(29-1)33(38-8(22,23)24)39-9(25,26)27. The van der Waals surface area contributed by atoms with E-state index < -0.39 is 134 Å². The third kappa shape index (κ3) is 16.3. The molecule has 0 aliphatic carbocycles. The maximum atomic E-state index is 12.8. The lowest BCUT2D eigenvalue weighted by Crippen LogP contribution is -2.26. The van der Waals surface area contributed by atoms with Crippen molar-refractivity contribution in [1.29, 1.82) is 0 Å². The van der Waals surface area contributed by atoms with E-state index in [0.29, 0.717) is 0 Å². The molecular weight excluding hydrogens is 727 g/mol. The molecule has 0 saturated heterocycles. The van der Waals surface area contributed by atoms with Gasteiger partial charge in [0, 0.05) is 0 Å². The van der Waals surface area contributed by atoms with E-state index in [1.807, 2.05) is 0 Å². The zero-order valence-electron chi connectivity index (χ0n) is 16.4. The number of anilines is 3. The summed E-state index contributed by atoms with van der Waals surface area (Å²) in [5.74, 6) is -6.73. The molecule has 0 aliphatic rings. The summed E-state index contributed by atoms with van der Waals surface area (Å²) in [6, 6.07) is 0. The molecule has 1 heterocycles. The van der Waals surface area contributed by atoms with Crippen molar-refractivity contribution in [2.45, 2.75) is 33.0 Å². The van der Waals surface area contributed by atoms with Gasteiger partial charge >= 0.3 is 33.0 Å². The van der Waals surface area contributed by atoms with Crippen molar-refractivity contribution in [2.24, 2.45) is 0 Å². The van der Waals surface area contributed by atoms with E-state index in [1.165, 1.54) is 0 Å². The number of aromatic nitrogens is 3. The zero-order valence-corrected chi connectivity index (χ0v) is 21.3. The van der Waals surface area contributed by atoms with Gasteiger partial charge in [-0.1, -0.05) is 0 Å². The van der Waals surface area contributed by atoms with E-state index in [-0.39, 0.29) is 0 Å². The van der Waals surface area contributed by atoms with Crippen molar-refractivity contribution < 1.29 is 79.0 Å². The van der Waals surface area contributed by atoms with Gasteiger partial charge in [0.25, 0.3) is 17.8 Å². The van der Waals surface area contributed by atoms with Gasteiger partial charge in [0.05, 0.1) is 71.7 Å². The molecule has 6 nitrogen and oxygen atoms in total. The molecule has 39 heavy (non-hydrogen) atoms. The summed E-state index contributed by atoms with van der Waals surface area (Å²) in [7, 11) is 0. The molecule has 0 aromatic carbocycles. The molecular formula is C9F18N6S6. The monoisotopic (exact) mass is 726 g/mol. The second-order valence-electron chi connectivity index (χ2n) is 5.23. The predicted molar refractivity (Wildman–Crippen MR) is 109 cm³/mol. The topological polar surface area (TPSA) is 48.4 Å². The Morgan fingerprint density at radius 1 is 0.308 bits per heavy atom. The number of rotatable bonds is 9. The van der Waals surface area contributed by atoms with Crippen LogP contribution in [0.15, 0.2) is 0 Å². The third-order valence-corrected chi connectivity index (χ3v) is 6.77. The Balaban J connectivity index is 3.96. The van der Waals surface area contributed by atoms with Gasteiger partial charge in [-0.3, -0.25) is 0 Å². The van der Waals surface area contributed by atoms with Crippen molar-refractivity contribution in [1.82, 2.24) is 15.0 Å². The van der Waals surface area contributed by atoms with Gasteiger partial charge in [-0.15, -0.1) is 0 Å². The molecule has 1 rings (SSSR count). The van der Waals surface area contributed by atoms with Crippen molar-refractivity contribution in [2.75, 3.05) is 11.1 Å². The van der Waals surface area contributed by atoms with Gasteiger partial charge in [0.2, 0.25) is 0 Å². The van der Waals surface area contributed by atoms with Crippen LogP contribution in [-0.4, -0.2) is 48.0 Å². The number of halogens is 18. The van der Waals surface area contributed by atoms with Crippen LogP contribution < -0.4 is 11.1 Å². The highest BCUT2D eigenvalue weighted by molar-refractivity contribution is 8.19. The molecule has 0 bridgehead atoms. The minimum atomic E-state index is -5.74. The lowest BCUT2D eigenvalue weighted by Gasteiger charge is -2.27. The van der Waals surface area contributed by atoms with Crippen molar-refractivity contribution in [3.8, 4) is 0 Å². The van der Waals surface area contributed by atoms with E-state index >= 15 is 0 Å². The maximum absolute atomic E-state index is 12.8. The van der Waals surface area contributed by atoms with Crippen LogP contribution in [0.4, 0.5) is 96.9 Å². The van der Waals surface area contributed by atoms with E-state index in [1.54, 1.807) is 0 Å². The van der Waals surface area contributed by atoms with Gasteiger partial charge in [-0.05, 0) is 0 Å². The smallest absolute Gasteiger partial charge is 0.208 e. The lowest BCUT2D eigenvalue weighted by molar-refractivity contribution is -0.0357. The van der Waals surface area contributed by atoms with Crippen LogP contribution in [0.25, 0.3) is 0 Å². The largest absolute Gasteiger partial charge is 0.462 e. The first-order chi connectivity index (χ1) is 17.0. The van der Waals surface area contributed by atoms with Crippen LogP contribution in [0, 0.1) is 0 Å². The summed E-state index contributed by atoms with van der Waals surface area (Å²) >= 11 is -11.1. The minimum Gasteiger partial charge on any atom is -0.208 e. The third-order valence-electron chi connectivity index (χ3n) is 2.21. The summed E-state index contributed by atoms with van der Waals surface area (Å²) in [6.07, 6.45) is 0. The Labute approximate surface area is 227 Å². The van der Waals surface area contributed by atoms with Crippen LogP contribution in [0.3, 0.4) is 0 Å². The molecule has 0 saturated carbocycles. The van der Waals surface area contributed by atoms with Gasteiger partial charge in [-0.25, -0.2) is 11.1 Å². The zero-order chi connectivity index (χ0) is 30.8. The maximum Gasteiger partial charge on any atom is 0.462 e. The van der Waals surface area contributed by atoms with E-state index in [4.69, 9.17) is 0 Å². The molecule has 0 unspecified atom stereocenters. The van der Waals surface area contributed by atoms with Gasteiger partial charge in [0.1, 0.15) is 0 Å². The fourth-order valence-electron chi connectivity index (χ4n) is 1.45. The average molecular weight is 727 g/mol. The fraction of sp³-hybridized carbons (Fsp3) is 0.667. The molecule has 0 N–H and O–H groups in total. The predicted octanol–water partition coefficient (Wildman–Crippen LogP) is 9.30. The summed E-state index contributed by atoms with van der Waals surface area (Å²) in [4.78, 5) is 7.75. The Kier molecular flexibility index (Phi) is 11.7. The van der Waals surface area contributed by atoms with Crippen LogP contribution in [-0.2, 0) is 0 Å². The summed E-state index contributed by atoms with van der Waals surface area (Å²) in [6.45, 7) is 0. The Morgan fingerprint density at radius 2 is 0.436 bits per heavy atom. The van der Waals surface area contributed by atoms with Gasteiger partial charge < -0.3 is 0 Å². The highest BCUT2D eigenvalue weighted by Gasteiger charge is 2.46. The normalized spacial score (nSPS) is 14.0. The molecule has 0 amide bonds. The Morgan fingerprint density at radius 3 is 0.538 bits per heavy atom. The van der Waals surface area contributed by atoms with Crippen molar-refractivity contribution in [3.63, 3.8) is 0 Å². The highest BCUT2D eigenvalue weighted by atomic mass is 32.2. The highest BCUT2D eigenvalue weighted by Crippen LogP contribution is 2.51. The molecule has 0 aliphatic heterocycles. The minimum absolute atomic E-state index is 1.18. The lowest BCUT2D eigenvalue weighted by atomic mass is 10.8. The van der Waals surface area contributed by atoms with Crippen LogP contribution in [0.1, 0.15) is 0 Å².